The molecule has 0 aliphatic heterocycles. The van der Waals surface area contributed by atoms with Crippen molar-refractivity contribution in [1.82, 2.24) is 0 Å². The van der Waals surface area contributed by atoms with Crippen molar-refractivity contribution in [2.24, 2.45) is 0 Å². The topological polar surface area (TPSA) is 61.3 Å². The molecule has 0 aromatic heterocycles. The molecule has 0 aliphatic carbocycles. The van der Waals surface area contributed by atoms with Gasteiger partial charge in [0.1, 0.15) is 0 Å². The molecular weight excluding hydrogens is 224 g/mol. The zero-order valence-electron chi connectivity index (χ0n) is 10.1. The van der Waals surface area contributed by atoms with Gasteiger partial charge in [-0.1, -0.05) is 24.0 Å². The maximum atomic E-state index is 5.81. The highest BCUT2D eigenvalue weighted by molar-refractivity contribution is 5.62. The molecule has 2 aromatic rings. The van der Waals surface area contributed by atoms with Crippen LogP contribution < -0.4 is 16.2 Å². The molecule has 90 valence electrons. The Morgan fingerprint density at radius 3 is 2.50 bits per heavy atom. The van der Waals surface area contributed by atoms with Crippen LogP contribution in [-0.2, 0) is 0 Å². The number of ether oxygens (including phenoxy) is 1. The van der Waals surface area contributed by atoms with E-state index in [1.807, 2.05) is 36.4 Å². The number of nitrogens with two attached hydrogens (primary N) is 2. The highest BCUT2D eigenvalue weighted by atomic mass is 16.5. The second-order valence-electron chi connectivity index (χ2n) is 3.80. The Morgan fingerprint density at radius 2 is 1.78 bits per heavy atom. The monoisotopic (exact) mass is 238 g/mol. The zero-order chi connectivity index (χ0) is 13.0. The largest absolute Gasteiger partial charge is 0.493 e. The molecule has 0 amide bonds. The number of nitrogen functional groups attached to an aromatic ring is 2. The molecule has 2 rings (SSSR count). The fraction of sp³-hybridized carbons (Fsp3) is 0.0667. The lowest BCUT2D eigenvalue weighted by Crippen LogP contribution is -1.94. The van der Waals surface area contributed by atoms with Gasteiger partial charge in [0.2, 0.25) is 0 Å². The van der Waals surface area contributed by atoms with Crippen LogP contribution in [0.5, 0.6) is 5.75 Å². The second kappa shape index (κ2) is 5.15. The van der Waals surface area contributed by atoms with Gasteiger partial charge in [0.25, 0.3) is 0 Å². The molecule has 3 nitrogen and oxygen atoms in total. The van der Waals surface area contributed by atoms with E-state index in [1.165, 1.54) is 0 Å². The molecule has 0 bridgehead atoms. The molecular formula is C15H14N2O. The van der Waals surface area contributed by atoms with Crippen molar-refractivity contribution in [1.29, 1.82) is 0 Å². The van der Waals surface area contributed by atoms with Crippen molar-refractivity contribution in [3.05, 3.63) is 53.6 Å². The maximum Gasteiger partial charge on any atom is 0.157 e. The first kappa shape index (κ1) is 11.9. The summed E-state index contributed by atoms with van der Waals surface area (Å²) in [6, 6.07) is 12.9. The van der Waals surface area contributed by atoms with Gasteiger partial charge < -0.3 is 16.2 Å². The number of rotatable bonds is 1. The summed E-state index contributed by atoms with van der Waals surface area (Å²) in [6.07, 6.45) is 0. The molecule has 0 saturated carbocycles. The molecule has 0 heterocycles. The summed E-state index contributed by atoms with van der Waals surface area (Å²) in [4.78, 5) is 0. The predicted octanol–water partition coefficient (Wildman–Crippen LogP) is 2.26. The van der Waals surface area contributed by atoms with Gasteiger partial charge >= 0.3 is 0 Å². The third kappa shape index (κ3) is 2.55. The lowest BCUT2D eigenvalue weighted by molar-refractivity contribution is 0.416. The van der Waals surface area contributed by atoms with Crippen molar-refractivity contribution in [2.45, 2.75) is 0 Å². The van der Waals surface area contributed by atoms with Crippen LogP contribution in [0.4, 0.5) is 11.4 Å². The first-order valence-electron chi connectivity index (χ1n) is 5.51. The minimum atomic E-state index is 0.580. The van der Waals surface area contributed by atoms with Crippen LogP contribution in [0.1, 0.15) is 11.1 Å². The second-order valence-corrected chi connectivity index (χ2v) is 3.80. The summed E-state index contributed by atoms with van der Waals surface area (Å²) in [5.41, 5.74) is 14.4. The first-order chi connectivity index (χ1) is 8.70. The van der Waals surface area contributed by atoms with Gasteiger partial charge in [-0.3, -0.25) is 0 Å². The molecule has 18 heavy (non-hydrogen) atoms. The third-order valence-corrected chi connectivity index (χ3v) is 2.48. The minimum Gasteiger partial charge on any atom is -0.493 e. The molecule has 0 atom stereocenters. The van der Waals surface area contributed by atoms with E-state index in [4.69, 9.17) is 16.2 Å². The fourth-order valence-electron chi connectivity index (χ4n) is 1.64. The number of benzene rings is 2. The van der Waals surface area contributed by atoms with E-state index in [0.29, 0.717) is 17.1 Å². The van der Waals surface area contributed by atoms with E-state index >= 15 is 0 Å². The summed E-state index contributed by atoms with van der Waals surface area (Å²) in [7, 11) is 1.58. The lowest BCUT2D eigenvalue weighted by Gasteiger charge is -2.05. The van der Waals surface area contributed by atoms with Crippen molar-refractivity contribution in [3.8, 4) is 17.6 Å². The van der Waals surface area contributed by atoms with E-state index in [0.717, 1.165) is 11.1 Å². The molecule has 0 saturated heterocycles. The number of methoxy groups -OCH3 is 1. The van der Waals surface area contributed by atoms with Gasteiger partial charge in [-0.05, 0) is 30.3 Å². The van der Waals surface area contributed by atoms with Crippen LogP contribution in [-0.4, -0.2) is 7.11 Å². The standard InChI is InChI=1S/C15H14N2O/c1-18-15-12(5-3-7-14(15)17)9-8-11-4-2-6-13(16)10-11/h2-7,10H,16-17H2,1H3. The molecule has 2 aromatic carbocycles. The summed E-state index contributed by atoms with van der Waals surface area (Å²) < 4.78 is 5.24. The van der Waals surface area contributed by atoms with E-state index in [1.54, 1.807) is 13.2 Å². The van der Waals surface area contributed by atoms with Gasteiger partial charge in [0, 0.05) is 11.3 Å². The van der Waals surface area contributed by atoms with Crippen LogP contribution in [0.3, 0.4) is 0 Å². The Morgan fingerprint density at radius 1 is 1.00 bits per heavy atom. The van der Waals surface area contributed by atoms with Crippen LogP contribution in [0, 0.1) is 11.8 Å². The molecule has 0 fully saturated rings. The van der Waals surface area contributed by atoms with Gasteiger partial charge in [-0.25, -0.2) is 0 Å². The maximum absolute atomic E-state index is 5.81. The van der Waals surface area contributed by atoms with Crippen molar-refractivity contribution in [3.63, 3.8) is 0 Å². The average Bonchev–Trinajstić information content (AvgIpc) is 2.36. The van der Waals surface area contributed by atoms with Crippen molar-refractivity contribution in [2.75, 3.05) is 18.6 Å². The summed E-state index contributed by atoms with van der Waals surface area (Å²) >= 11 is 0. The quantitative estimate of drug-likeness (QED) is 0.591. The zero-order valence-corrected chi connectivity index (χ0v) is 10.1. The van der Waals surface area contributed by atoms with Gasteiger partial charge in [0.15, 0.2) is 5.75 Å². The Labute approximate surface area is 106 Å². The first-order valence-corrected chi connectivity index (χ1v) is 5.51. The number of hydrogen-bond acceptors (Lipinski definition) is 3. The number of anilines is 2. The Balaban J connectivity index is 2.38. The Kier molecular flexibility index (Phi) is 3.40. The summed E-state index contributed by atoms with van der Waals surface area (Å²) in [6.45, 7) is 0. The molecule has 3 heteroatoms. The Hall–Kier alpha value is -2.60. The smallest absolute Gasteiger partial charge is 0.157 e. The molecule has 0 aliphatic rings. The van der Waals surface area contributed by atoms with Gasteiger partial charge in [-0.2, -0.15) is 0 Å². The lowest BCUT2D eigenvalue weighted by atomic mass is 10.1. The van der Waals surface area contributed by atoms with Crippen LogP contribution in [0.25, 0.3) is 0 Å². The third-order valence-electron chi connectivity index (χ3n) is 2.48. The molecule has 0 radical (unpaired) electrons. The molecule has 4 N–H and O–H groups in total. The predicted molar refractivity (Wildman–Crippen MR) is 74.2 cm³/mol. The van der Waals surface area contributed by atoms with Crippen LogP contribution in [0.2, 0.25) is 0 Å². The highest BCUT2D eigenvalue weighted by Crippen LogP contribution is 2.24. The summed E-state index contributed by atoms with van der Waals surface area (Å²) in [5, 5.41) is 0. The molecule has 0 spiro atoms. The minimum absolute atomic E-state index is 0.580. The summed E-state index contributed by atoms with van der Waals surface area (Å²) in [5.74, 6) is 6.68. The SMILES string of the molecule is COc1c(N)cccc1C#Cc1cccc(N)c1. The highest BCUT2D eigenvalue weighted by Gasteiger charge is 2.03. The average molecular weight is 238 g/mol. The van der Waals surface area contributed by atoms with Crippen LogP contribution in [0.15, 0.2) is 42.5 Å². The van der Waals surface area contributed by atoms with Crippen LogP contribution >= 0.6 is 0 Å². The van der Waals surface area contributed by atoms with Crippen molar-refractivity contribution < 1.29 is 4.74 Å². The molecule has 0 unspecified atom stereocenters. The fourth-order valence-corrected chi connectivity index (χ4v) is 1.64. The van der Waals surface area contributed by atoms with E-state index in [2.05, 4.69) is 11.8 Å². The number of hydrogen-bond donors (Lipinski definition) is 2. The normalized spacial score (nSPS) is 9.39. The van der Waals surface area contributed by atoms with E-state index in [9.17, 15) is 0 Å². The van der Waals surface area contributed by atoms with Crippen molar-refractivity contribution >= 4 is 11.4 Å². The Bertz CT molecular complexity index is 624. The van der Waals surface area contributed by atoms with E-state index < -0.39 is 0 Å². The van der Waals surface area contributed by atoms with Gasteiger partial charge in [-0.15, -0.1) is 0 Å². The van der Waals surface area contributed by atoms with E-state index in [-0.39, 0.29) is 0 Å². The number of para-hydroxylation sites is 1. The van der Waals surface area contributed by atoms with Gasteiger partial charge in [0.05, 0.1) is 18.4 Å².